The second kappa shape index (κ2) is 11.2. The maximum atomic E-state index is 10.9. The third kappa shape index (κ3) is 6.71. The number of carbonyl (C=O) groups excluding carboxylic acids is 1. The van der Waals surface area contributed by atoms with Gasteiger partial charge in [0.05, 0.1) is 5.69 Å². The van der Waals surface area contributed by atoms with Crippen LogP contribution < -0.4 is 10.9 Å². The second-order valence-corrected chi connectivity index (χ2v) is 6.31. The summed E-state index contributed by atoms with van der Waals surface area (Å²) in [6.07, 6.45) is 9.21. The fourth-order valence-electron chi connectivity index (χ4n) is 3.06. The minimum absolute atomic E-state index is 0.652. The van der Waals surface area contributed by atoms with Gasteiger partial charge >= 0.3 is 0 Å². The molecule has 0 heterocycles. The fraction of sp³-hybridized carbons (Fsp3) is 0.632. The van der Waals surface area contributed by atoms with E-state index in [0.717, 1.165) is 24.2 Å². The van der Waals surface area contributed by atoms with E-state index in [1.54, 1.807) is 0 Å². The van der Waals surface area contributed by atoms with Gasteiger partial charge < -0.3 is 4.90 Å². The van der Waals surface area contributed by atoms with E-state index in [1.165, 1.54) is 43.5 Å². The van der Waals surface area contributed by atoms with Crippen LogP contribution in [-0.4, -0.2) is 30.9 Å². The molecular weight excluding hydrogens is 286 g/mol. The molecule has 4 heteroatoms. The Morgan fingerprint density at radius 2 is 1.87 bits per heavy atom. The van der Waals surface area contributed by atoms with Crippen LogP contribution in [-0.2, 0) is 11.2 Å². The van der Waals surface area contributed by atoms with Crippen LogP contribution in [0.3, 0.4) is 0 Å². The van der Waals surface area contributed by atoms with Gasteiger partial charge in [0.25, 0.3) is 0 Å². The quantitative estimate of drug-likeness (QED) is 0.210. The zero-order valence-corrected chi connectivity index (χ0v) is 15.0. The maximum Gasteiger partial charge on any atom is 0.228 e. The summed E-state index contributed by atoms with van der Waals surface area (Å²) in [6, 6.07) is 8.52. The van der Waals surface area contributed by atoms with Crippen LogP contribution in [0.4, 0.5) is 5.69 Å². The monoisotopic (exact) mass is 319 g/mol. The van der Waals surface area contributed by atoms with Crippen molar-refractivity contribution in [1.82, 2.24) is 4.90 Å². The molecule has 0 spiro atoms. The number of nitrogens with two attached hydrogens (primary N) is 1. The molecule has 1 atom stereocenters. The molecule has 1 aromatic carbocycles. The lowest BCUT2D eigenvalue weighted by Crippen LogP contribution is -2.34. The van der Waals surface area contributed by atoms with Gasteiger partial charge in [0.15, 0.2) is 0 Å². The van der Waals surface area contributed by atoms with Crippen molar-refractivity contribution in [2.75, 3.05) is 18.6 Å². The molecule has 0 radical (unpaired) electrons. The molecule has 0 aliphatic heterocycles. The topological polar surface area (TPSA) is 49.6 Å². The Labute approximate surface area is 141 Å². The highest BCUT2D eigenvalue weighted by atomic mass is 16.1. The molecule has 0 aliphatic carbocycles. The maximum absolute atomic E-state index is 10.9. The zero-order valence-electron chi connectivity index (χ0n) is 15.0. The smallest absolute Gasteiger partial charge is 0.228 e. The summed E-state index contributed by atoms with van der Waals surface area (Å²) < 4.78 is 0. The molecule has 1 amide bonds. The van der Waals surface area contributed by atoms with E-state index in [2.05, 4.69) is 31.9 Å². The van der Waals surface area contributed by atoms with E-state index in [1.807, 2.05) is 18.2 Å². The number of rotatable bonds is 12. The number of carbonyl (C=O) groups is 1. The van der Waals surface area contributed by atoms with Crippen LogP contribution in [0, 0.1) is 0 Å². The Hall–Kier alpha value is -1.39. The van der Waals surface area contributed by atoms with E-state index < -0.39 is 0 Å². The van der Waals surface area contributed by atoms with Gasteiger partial charge in [-0.25, -0.2) is 5.84 Å². The van der Waals surface area contributed by atoms with E-state index >= 15 is 0 Å². The first-order chi connectivity index (χ1) is 11.1. The molecule has 1 unspecified atom stereocenters. The molecule has 130 valence electrons. The number of unbranched alkanes of at least 4 members (excludes halogenated alkanes) is 2. The molecule has 1 rings (SSSR count). The van der Waals surface area contributed by atoms with Crippen molar-refractivity contribution >= 4 is 12.1 Å². The van der Waals surface area contributed by atoms with E-state index in [0.29, 0.717) is 12.5 Å². The van der Waals surface area contributed by atoms with E-state index in [-0.39, 0.29) is 0 Å². The Morgan fingerprint density at radius 3 is 2.52 bits per heavy atom. The number of benzene rings is 1. The number of hydrogen-bond acceptors (Lipinski definition) is 3. The lowest BCUT2D eigenvalue weighted by molar-refractivity contribution is -0.107. The minimum atomic E-state index is 0.652. The van der Waals surface area contributed by atoms with Crippen LogP contribution in [0.1, 0.15) is 57.9 Å². The Bertz CT molecular complexity index is 450. The third-order valence-electron chi connectivity index (χ3n) is 4.50. The van der Waals surface area contributed by atoms with Crippen molar-refractivity contribution in [2.24, 2.45) is 5.84 Å². The van der Waals surface area contributed by atoms with E-state index in [4.69, 9.17) is 5.84 Å². The molecule has 1 aromatic rings. The molecule has 0 saturated heterocycles. The van der Waals surface area contributed by atoms with Crippen molar-refractivity contribution < 1.29 is 4.79 Å². The average Bonchev–Trinajstić information content (AvgIpc) is 2.58. The number of nitrogens with zero attached hydrogens (tertiary/aromatic N) is 2. The van der Waals surface area contributed by atoms with Gasteiger partial charge in [0.2, 0.25) is 6.41 Å². The lowest BCUT2D eigenvalue weighted by atomic mass is 10.0. The third-order valence-corrected chi connectivity index (χ3v) is 4.50. The fourth-order valence-corrected chi connectivity index (χ4v) is 3.06. The predicted octanol–water partition coefficient (Wildman–Crippen LogP) is 3.75. The van der Waals surface area contributed by atoms with Crippen molar-refractivity contribution in [3.63, 3.8) is 0 Å². The summed E-state index contributed by atoms with van der Waals surface area (Å²) >= 11 is 0. The first kappa shape index (κ1) is 19.7. The predicted molar refractivity (Wildman–Crippen MR) is 98.3 cm³/mol. The van der Waals surface area contributed by atoms with Crippen molar-refractivity contribution in [1.29, 1.82) is 0 Å². The van der Waals surface area contributed by atoms with Crippen LogP contribution in [0.2, 0.25) is 0 Å². The van der Waals surface area contributed by atoms with Gasteiger partial charge in [0, 0.05) is 12.6 Å². The molecule has 0 bridgehead atoms. The Kier molecular flexibility index (Phi) is 9.57. The number of amides is 1. The summed E-state index contributed by atoms with van der Waals surface area (Å²) in [5.74, 6) is 5.74. The number of likely N-dealkylation sites (N-methyl/N-ethyl adjacent to an activating group) is 1. The molecule has 0 aliphatic rings. The molecule has 2 N–H and O–H groups in total. The van der Waals surface area contributed by atoms with Gasteiger partial charge in [-0.1, -0.05) is 57.7 Å². The number of anilines is 1. The summed E-state index contributed by atoms with van der Waals surface area (Å²) in [5, 5.41) is 1.17. The summed E-state index contributed by atoms with van der Waals surface area (Å²) in [5.41, 5.74) is 1.92. The van der Waals surface area contributed by atoms with Gasteiger partial charge in [-0.05, 0) is 37.9 Å². The number of para-hydroxylation sites is 1. The van der Waals surface area contributed by atoms with Gasteiger partial charge in [-0.15, -0.1) is 0 Å². The summed E-state index contributed by atoms with van der Waals surface area (Å²) in [4.78, 5) is 13.4. The number of hydrazine groups is 1. The van der Waals surface area contributed by atoms with Crippen molar-refractivity contribution in [2.45, 2.75) is 64.8 Å². The average molecular weight is 319 g/mol. The molecular formula is C19H33N3O. The molecule has 0 saturated carbocycles. The van der Waals surface area contributed by atoms with Gasteiger partial charge in [-0.3, -0.25) is 9.80 Å². The SMILES string of the molecule is CCCCCC(CCC)N(C)CCc1ccccc1N(N)C=O. The zero-order chi connectivity index (χ0) is 17.1. The van der Waals surface area contributed by atoms with Gasteiger partial charge in [0.1, 0.15) is 0 Å². The minimum Gasteiger partial charge on any atom is -0.303 e. The first-order valence-electron chi connectivity index (χ1n) is 8.91. The molecule has 0 aromatic heterocycles. The summed E-state index contributed by atoms with van der Waals surface area (Å²) in [6.45, 7) is 5.49. The largest absolute Gasteiger partial charge is 0.303 e. The van der Waals surface area contributed by atoms with Gasteiger partial charge in [-0.2, -0.15) is 0 Å². The van der Waals surface area contributed by atoms with Crippen molar-refractivity contribution in [3.8, 4) is 0 Å². The first-order valence-corrected chi connectivity index (χ1v) is 8.91. The highest BCUT2D eigenvalue weighted by Crippen LogP contribution is 2.19. The second-order valence-electron chi connectivity index (χ2n) is 6.31. The van der Waals surface area contributed by atoms with E-state index in [9.17, 15) is 4.79 Å². The normalized spacial score (nSPS) is 12.4. The standard InChI is InChI=1S/C19H33N3O/c1-4-6-7-12-18(10-5-2)21(3)15-14-17-11-8-9-13-19(17)22(20)16-23/h8-9,11,13,16,18H,4-7,10,12,14-15,20H2,1-3H3. The van der Waals surface area contributed by atoms with Crippen LogP contribution in [0.5, 0.6) is 0 Å². The Balaban J connectivity index is 2.62. The van der Waals surface area contributed by atoms with Crippen LogP contribution in [0.15, 0.2) is 24.3 Å². The van der Waals surface area contributed by atoms with Crippen LogP contribution >= 0.6 is 0 Å². The Morgan fingerprint density at radius 1 is 1.13 bits per heavy atom. The molecule has 23 heavy (non-hydrogen) atoms. The highest BCUT2D eigenvalue weighted by Gasteiger charge is 2.14. The van der Waals surface area contributed by atoms with Crippen LogP contribution in [0.25, 0.3) is 0 Å². The summed E-state index contributed by atoms with van der Waals surface area (Å²) in [7, 11) is 2.22. The highest BCUT2D eigenvalue weighted by molar-refractivity contribution is 5.75. The van der Waals surface area contributed by atoms with Crippen molar-refractivity contribution in [3.05, 3.63) is 29.8 Å². The lowest BCUT2D eigenvalue weighted by Gasteiger charge is -2.28. The number of hydrogen-bond donors (Lipinski definition) is 1. The molecule has 4 nitrogen and oxygen atoms in total. The molecule has 0 fully saturated rings.